The first-order valence-corrected chi connectivity index (χ1v) is 15.2. The number of fused-ring (bicyclic) bond motifs is 4. The Hall–Kier alpha value is -2.50. The van der Waals surface area contributed by atoms with Crippen molar-refractivity contribution in [1.29, 1.82) is 0 Å². The van der Waals surface area contributed by atoms with E-state index in [4.69, 9.17) is 28.4 Å². The molecule has 46 heavy (non-hydrogen) atoms. The lowest BCUT2D eigenvalue weighted by atomic mass is 9.96. The molecule has 12 atom stereocenters. The number of ether oxygens (including phenoxy) is 6. The van der Waals surface area contributed by atoms with Crippen molar-refractivity contribution >= 4 is 11.9 Å². The molecule has 2 fully saturated rings. The molecule has 0 radical (unpaired) electrons. The number of cyclic esters (lactones) is 2. The number of hydrogen-bond donors (Lipinski definition) is 6. The molecule has 0 saturated carbocycles. The standard InChI is InChI=1S/C32H48O14/c1-7-31(5)13-9-11-17(3)27(39)42-16-20-22(34)24(36)26(38)30(44-20)46-32(6,8-2)14-10-12-18(4)28(40)41-15-19-21(33)23(35)25(37)29(43-19)45-31/h7-8,11-12,19-26,29-30,33-38H,1-2,9-10,13-16H2,3-6H3. The normalized spacial score (nSPS) is 42.7. The molecule has 0 aromatic carbocycles. The average molecular weight is 657 g/mol. The smallest absolute Gasteiger partial charge is 0.333 e. The SMILES string of the molecule is C=CC1(C)CCC=C(C)C(=O)OCC2OC(OC(C)(C=C)CCC=C(C)C(=O)OCC3OC(O1)C(O)C(O)C3O)C(O)C(O)C2O. The number of aliphatic hydroxyl groups is 6. The minimum absolute atomic E-state index is 0.219. The highest BCUT2D eigenvalue weighted by atomic mass is 16.7. The van der Waals surface area contributed by atoms with Gasteiger partial charge in [-0.2, -0.15) is 0 Å². The van der Waals surface area contributed by atoms with Gasteiger partial charge in [0.05, 0.1) is 11.2 Å². The number of hydrogen-bond acceptors (Lipinski definition) is 14. The average Bonchev–Trinajstić information content (AvgIpc) is 3.03. The van der Waals surface area contributed by atoms with Crippen LogP contribution in [0.15, 0.2) is 48.6 Å². The molecule has 3 heterocycles. The summed E-state index contributed by atoms with van der Waals surface area (Å²) in [6, 6.07) is 0. The molecule has 3 aliphatic heterocycles. The van der Waals surface area contributed by atoms with Crippen molar-refractivity contribution in [2.45, 2.75) is 126 Å². The maximum absolute atomic E-state index is 12.7. The highest BCUT2D eigenvalue weighted by Gasteiger charge is 2.48. The Kier molecular flexibility index (Phi) is 13.3. The second-order valence-corrected chi connectivity index (χ2v) is 12.3. The van der Waals surface area contributed by atoms with Crippen LogP contribution in [0.2, 0.25) is 0 Å². The maximum atomic E-state index is 12.7. The molecule has 4 bridgehead atoms. The zero-order valence-electron chi connectivity index (χ0n) is 26.7. The Morgan fingerprint density at radius 3 is 1.33 bits per heavy atom. The number of esters is 2. The maximum Gasteiger partial charge on any atom is 0.333 e. The molecule has 14 heteroatoms. The van der Waals surface area contributed by atoms with E-state index in [0.717, 1.165) is 0 Å². The minimum atomic E-state index is -1.66. The second kappa shape index (κ2) is 16.1. The zero-order chi connectivity index (χ0) is 34.4. The molecule has 0 amide bonds. The summed E-state index contributed by atoms with van der Waals surface area (Å²) >= 11 is 0. The Balaban J connectivity index is 1.87. The third kappa shape index (κ3) is 9.31. The first kappa shape index (κ1) is 38.0. The van der Waals surface area contributed by atoms with E-state index in [-0.39, 0.29) is 36.8 Å². The molecule has 3 rings (SSSR count). The molecule has 0 aromatic heterocycles. The minimum Gasteiger partial charge on any atom is -0.459 e. The first-order valence-electron chi connectivity index (χ1n) is 15.2. The van der Waals surface area contributed by atoms with Gasteiger partial charge in [0, 0.05) is 11.1 Å². The fourth-order valence-corrected chi connectivity index (χ4v) is 5.11. The number of carbonyl (C=O) groups excluding carboxylic acids is 2. The van der Waals surface area contributed by atoms with Gasteiger partial charge in [0.2, 0.25) is 0 Å². The number of rotatable bonds is 2. The molecule has 14 nitrogen and oxygen atoms in total. The molecule has 0 spiro atoms. The fraction of sp³-hybridized carbons (Fsp3) is 0.688. The quantitative estimate of drug-likeness (QED) is 0.172. The molecular weight excluding hydrogens is 608 g/mol. The van der Waals surface area contributed by atoms with Gasteiger partial charge in [-0.3, -0.25) is 0 Å². The Morgan fingerprint density at radius 2 is 1.00 bits per heavy atom. The molecule has 0 aromatic rings. The van der Waals surface area contributed by atoms with Crippen LogP contribution in [0.5, 0.6) is 0 Å². The molecule has 0 aliphatic carbocycles. The van der Waals surface area contributed by atoms with Crippen LogP contribution in [0, 0.1) is 0 Å². The third-order valence-electron chi connectivity index (χ3n) is 8.56. The van der Waals surface area contributed by atoms with Crippen LogP contribution in [0.25, 0.3) is 0 Å². The van der Waals surface area contributed by atoms with Crippen molar-refractivity contribution in [3.05, 3.63) is 48.6 Å². The monoisotopic (exact) mass is 656 g/mol. The van der Waals surface area contributed by atoms with E-state index in [2.05, 4.69) is 13.2 Å². The highest BCUT2D eigenvalue weighted by molar-refractivity contribution is 5.88. The summed E-state index contributed by atoms with van der Waals surface area (Å²) < 4.78 is 34.1. The predicted octanol–water partition coefficient (Wildman–Crippen LogP) is 0.0772. The summed E-state index contributed by atoms with van der Waals surface area (Å²) in [5.74, 6) is -1.44. The van der Waals surface area contributed by atoms with Gasteiger partial charge < -0.3 is 59.1 Å². The van der Waals surface area contributed by atoms with Crippen molar-refractivity contribution < 1.29 is 68.6 Å². The lowest BCUT2D eigenvalue weighted by Gasteiger charge is -2.43. The van der Waals surface area contributed by atoms with Gasteiger partial charge in [-0.1, -0.05) is 24.3 Å². The molecule has 6 N–H and O–H groups in total. The Morgan fingerprint density at radius 1 is 0.652 bits per heavy atom. The van der Waals surface area contributed by atoms with Crippen molar-refractivity contribution in [2.75, 3.05) is 13.2 Å². The van der Waals surface area contributed by atoms with Gasteiger partial charge in [-0.05, 0) is 53.4 Å². The molecule has 12 unspecified atom stereocenters. The van der Waals surface area contributed by atoms with Gasteiger partial charge in [0.25, 0.3) is 0 Å². The number of aliphatic hydroxyl groups excluding tert-OH is 6. The summed E-state index contributed by atoms with van der Waals surface area (Å²) in [4.78, 5) is 25.5. The molecule has 3 aliphatic rings. The molecule has 260 valence electrons. The van der Waals surface area contributed by atoms with Crippen LogP contribution in [-0.4, -0.2) is 128 Å². The van der Waals surface area contributed by atoms with Crippen molar-refractivity contribution in [3.8, 4) is 0 Å². The van der Waals surface area contributed by atoms with E-state index in [1.54, 1.807) is 26.0 Å². The van der Waals surface area contributed by atoms with Gasteiger partial charge in [-0.15, -0.1) is 13.2 Å². The Bertz CT molecular complexity index is 1070. The predicted molar refractivity (Wildman–Crippen MR) is 161 cm³/mol. The molecule has 2 saturated heterocycles. The van der Waals surface area contributed by atoms with Gasteiger partial charge >= 0.3 is 11.9 Å². The van der Waals surface area contributed by atoms with Gasteiger partial charge in [0.15, 0.2) is 12.6 Å². The van der Waals surface area contributed by atoms with Crippen LogP contribution in [-0.2, 0) is 38.0 Å². The summed E-state index contributed by atoms with van der Waals surface area (Å²) in [6.45, 7) is 13.0. The van der Waals surface area contributed by atoms with Crippen molar-refractivity contribution in [2.24, 2.45) is 0 Å². The molecular formula is C32H48O14. The van der Waals surface area contributed by atoms with Crippen LogP contribution in [0.4, 0.5) is 0 Å². The van der Waals surface area contributed by atoms with Gasteiger partial charge in [0.1, 0.15) is 62.0 Å². The number of carbonyl (C=O) groups is 2. The van der Waals surface area contributed by atoms with Crippen LogP contribution in [0.3, 0.4) is 0 Å². The van der Waals surface area contributed by atoms with Crippen molar-refractivity contribution in [3.63, 3.8) is 0 Å². The largest absolute Gasteiger partial charge is 0.459 e. The van der Waals surface area contributed by atoms with Crippen LogP contribution < -0.4 is 0 Å². The Labute approximate surface area is 268 Å². The van der Waals surface area contributed by atoms with E-state index in [1.165, 1.54) is 26.0 Å². The lowest BCUT2D eigenvalue weighted by Crippen LogP contribution is -2.60. The third-order valence-corrected chi connectivity index (χ3v) is 8.56. The van der Waals surface area contributed by atoms with Crippen LogP contribution >= 0.6 is 0 Å². The second-order valence-electron chi connectivity index (χ2n) is 12.3. The summed E-state index contributed by atoms with van der Waals surface area (Å²) in [5.41, 5.74) is -1.82. The van der Waals surface area contributed by atoms with E-state index >= 15 is 0 Å². The van der Waals surface area contributed by atoms with Crippen molar-refractivity contribution in [1.82, 2.24) is 0 Å². The van der Waals surface area contributed by atoms with Crippen LogP contribution in [0.1, 0.15) is 53.4 Å². The summed E-state index contributed by atoms with van der Waals surface area (Å²) in [5, 5.41) is 63.2. The van der Waals surface area contributed by atoms with E-state index < -0.39 is 97.8 Å². The van der Waals surface area contributed by atoms with E-state index in [9.17, 15) is 40.2 Å². The number of allylic oxidation sites excluding steroid dienone is 2. The lowest BCUT2D eigenvalue weighted by molar-refractivity contribution is -0.320. The first-order chi connectivity index (χ1) is 21.5. The van der Waals surface area contributed by atoms with E-state index in [0.29, 0.717) is 0 Å². The van der Waals surface area contributed by atoms with Gasteiger partial charge in [-0.25, -0.2) is 9.59 Å². The highest BCUT2D eigenvalue weighted by Crippen LogP contribution is 2.31. The summed E-state index contributed by atoms with van der Waals surface area (Å²) in [6.07, 6.45) is -7.94. The fourth-order valence-electron chi connectivity index (χ4n) is 5.11. The van der Waals surface area contributed by atoms with E-state index in [1.807, 2.05) is 0 Å². The topological polar surface area (TPSA) is 211 Å². The zero-order valence-corrected chi connectivity index (χ0v) is 26.7. The summed E-state index contributed by atoms with van der Waals surface area (Å²) in [7, 11) is 0.